The van der Waals surface area contributed by atoms with Crippen LogP contribution in [0.3, 0.4) is 0 Å². The first-order chi connectivity index (χ1) is 9.08. The molecule has 0 bridgehead atoms. The van der Waals surface area contributed by atoms with Gasteiger partial charge in [0.15, 0.2) is 0 Å². The summed E-state index contributed by atoms with van der Waals surface area (Å²) in [6.07, 6.45) is 3.45. The van der Waals surface area contributed by atoms with E-state index < -0.39 is 4.92 Å². The number of rotatable bonds is 4. The van der Waals surface area contributed by atoms with E-state index in [0.29, 0.717) is 6.54 Å². The Hall–Kier alpha value is -2.50. The molecule has 6 heteroatoms. The molecule has 6 nitrogen and oxygen atoms in total. The van der Waals surface area contributed by atoms with Crippen LogP contribution in [0.2, 0.25) is 0 Å². The first-order valence-electron chi connectivity index (χ1n) is 5.83. The fourth-order valence-electron chi connectivity index (χ4n) is 1.69. The zero-order valence-corrected chi connectivity index (χ0v) is 10.8. The molecule has 0 aliphatic carbocycles. The van der Waals surface area contributed by atoms with Crippen molar-refractivity contribution in [2.24, 2.45) is 0 Å². The zero-order chi connectivity index (χ0) is 13.8. The van der Waals surface area contributed by atoms with Crippen LogP contribution in [-0.4, -0.2) is 14.9 Å². The van der Waals surface area contributed by atoms with Gasteiger partial charge in [-0.2, -0.15) is 0 Å². The molecule has 0 aliphatic heterocycles. The molecule has 0 aliphatic rings. The average Bonchev–Trinajstić information content (AvgIpc) is 2.37. The lowest BCUT2D eigenvalue weighted by Gasteiger charge is -2.08. The van der Waals surface area contributed by atoms with E-state index in [0.717, 1.165) is 16.8 Å². The molecule has 0 amide bonds. The van der Waals surface area contributed by atoms with Gasteiger partial charge in [0.25, 0.3) is 0 Å². The van der Waals surface area contributed by atoms with Crippen LogP contribution < -0.4 is 5.32 Å². The molecule has 2 aromatic heterocycles. The number of hydrogen-bond donors (Lipinski definition) is 1. The quantitative estimate of drug-likeness (QED) is 0.673. The van der Waals surface area contributed by atoms with Gasteiger partial charge < -0.3 is 5.32 Å². The minimum absolute atomic E-state index is 0.0212. The van der Waals surface area contributed by atoms with Crippen LogP contribution in [0.25, 0.3) is 0 Å². The van der Waals surface area contributed by atoms with Crippen LogP contribution in [0.15, 0.2) is 30.6 Å². The average molecular weight is 258 g/mol. The molecule has 0 aromatic carbocycles. The number of nitrogens with zero attached hydrogens (tertiary/aromatic N) is 3. The summed E-state index contributed by atoms with van der Waals surface area (Å²) in [7, 11) is 0. The second-order valence-electron chi connectivity index (χ2n) is 4.23. The van der Waals surface area contributed by atoms with E-state index in [1.807, 2.05) is 13.0 Å². The molecule has 0 fully saturated rings. The Balaban J connectivity index is 2.22. The maximum atomic E-state index is 10.9. The van der Waals surface area contributed by atoms with Crippen molar-refractivity contribution in [3.63, 3.8) is 0 Å². The third-order valence-electron chi connectivity index (χ3n) is 2.80. The van der Waals surface area contributed by atoms with E-state index in [9.17, 15) is 10.1 Å². The van der Waals surface area contributed by atoms with E-state index >= 15 is 0 Å². The second-order valence-corrected chi connectivity index (χ2v) is 4.23. The van der Waals surface area contributed by atoms with E-state index in [-0.39, 0.29) is 11.5 Å². The summed E-state index contributed by atoms with van der Waals surface area (Å²) in [6.45, 7) is 4.22. The lowest BCUT2D eigenvalue weighted by Crippen LogP contribution is -2.06. The SMILES string of the molecule is Cc1ccc([N+](=O)[O-])c(NCc2cnccc2C)n1. The van der Waals surface area contributed by atoms with Gasteiger partial charge in [0, 0.05) is 30.7 Å². The minimum Gasteiger partial charge on any atom is -0.360 e. The summed E-state index contributed by atoms with van der Waals surface area (Å²) in [4.78, 5) is 18.7. The summed E-state index contributed by atoms with van der Waals surface area (Å²) in [5, 5.41) is 13.9. The monoisotopic (exact) mass is 258 g/mol. The van der Waals surface area contributed by atoms with Gasteiger partial charge in [-0.1, -0.05) is 0 Å². The topological polar surface area (TPSA) is 81.0 Å². The van der Waals surface area contributed by atoms with E-state index in [4.69, 9.17) is 0 Å². The molecule has 1 N–H and O–H groups in total. The van der Waals surface area contributed by atoms with E-state index in [2.05, 4.69) is 15.3 Å². The highest BCUT2D eigenvalue weighted by molar-refractivity contribution is 5.56. The van der Waals surface area contributed by atoms with Gasteiger partial charge in [-0.05, 0) is 37.1 Å². The van der Waals surface area contributed by atoms with Crippen molar-refractivity contribution in [2.45, 2.75) is 20.4 Å². The number of pyridine rings is 2. The molecule has 0 unspecified atom stereocenters. The van der Waals surface area contributed by atoms with Crippen molar-refractivity contribution < 1.29 is 4.92 Å². The van der Waals surface area contributed by atoms with Crippen molar-refractivity contribution in [1.29, 1.82) is 0 Å². The van der Waals surface area contributed by atoms with Gasteiger partial charge in [-0.3, -0.25) is 15.1 Å². The Kier molecular flexibility index (Phi) is 3.70. The molecular formula is C13H14N4O2. The zero-order valence-electron chi connectivity index (χ0n) is 10.8. The highest BCUT2D eigenvalue weighted by Gasteiger charge is 2.14. The Bertz CT molecular complexity index is 613. The van der Waals surface area contributed by atoms with E-state index in [1.165, 1.54) is 6.07 Å². The Morgan fingerprint density at radius 1 is 1.32 bits per heavy atom. The number of aryl methyl sites for hydroxylation is 2. The molecular weight excluding hydrogens is 244 g/mol. The Morgan fingerprint density at radius 2 is 2.11 bits per heavy atom. The van der Waals surface area contributed by atoms with Gasteiger partial charge in [-0.15, -0.1) is 0 Å². The molecule has 2 heterocycles. The van der Waals surface area contributed by atoms with Gasteiger partial charge in [0.2, 0.25) is 5.82 Å². The van der Waals surface area contributed by atoms with Crippen molar-refractivity contribution in [3.05, 3.63) is 57.5 Å². The maximum Gasteiger partial charge on any atom is 0.311 e. The van der Waals surface area contributed by atoms with E-state index in [1.54, 1.807) is 25.4 Å². The largest absolute Gasteiger partial charge is 0.360 e. The molecule has 0 spiro atoms. The highest BCUT2D eigenvalue weighted by atomic mass is 16.6. The van der Waals surface area contributed by atoms with Crippen molar-refractivity contribution >= 4 is 11.5 Å². The summed E-state index contributed by atoms with van der Waals surface area (Å²) >= 11 is 0. The predicted molar refractivity (Wildman–Crippen MR) is 71.9 cm³/mol. The summed E-state index contributed by atoms with van der Waals surface area (Å²) in [5.74, 6) is 0.285. The van der Waals surface area contributed by atoms with Crippen LogP contribution >= 0.6 is 0 Å². The number of nitro groups is 1. The van der Waals surface area contributed by atoms with Gasteiger partial charge >= 0.3 is 5.69 Å². The molecule has 0 saturated carbocycles. The third kappa shape index (κ3) is 3.04. The van der Waals surface area contributed by atoms with Crippen molar-refractivity contribution in [2.75, 3.05) is 5.32 Å². The summed E-state index contributed by atoms with van der Waals surface area (Å²) < 4.78 is 0. The maximum absolute atomic E-state index is 10.9. The van der Waals surface area contributed by atoms with Crippen LogP contribution in [-0.2, 0) is 6.54 Å². The van der Waals surface area contributed by atoms with Gasteiger partial charge in [0.1, 0.15) is 0 Å². The summed E-state index contributed by atoms with van der Waals surface area (Å²) in [5.41, 5.74) is 2.78. The number of hydrogen-bond acceptors (Lipinski definition) is 5. The first kappa shape index (κ1) is 12.9. The molecule has 0 saturated heterocycles. The van der Waals surface area contributed by atoms with Crippen LogP contribution in [0.5, 0.6) is 0 Å². The number of anilines is 1. The predicted octanol–water partition coefficient (Wildman–Crippen LogP) is 2.61. The second kappa shape index (κ2) is 5.43. The lowest BCUT2D eigenvalue weighted by molar-refractivity contribution is -0.384. The minimum atomic E-state index is -0.440. The molecule has 0 radical (unpaired) electrons. The molecule has 19 heavy (non-hydrogen) atoms. The normalized spacial score (nSPS) is 10.2. The van der Waals surface area contributed by atoms with Crippen molar-refractivity contribution in [3.8, 4) is 0 Å². The van der Waals surface area contributed by atoms with Gasteiger partial charge in [0.05, 0.1) is 4.92 Å². The third-order valence-corrected chi connectivity index (χ3v) is 2.80. The molecule has 0 atom stereocenters. The molecule has 2 rings (SSSR count). The number of aromatic nitrogens is 2. The highest BCUT2D eigenvalue weighted by Crippen LogP contribution is 2.22. The lowest BCUT2D eigenvalue weighted by atomic mass is 10.1. The summed E-state index contributed by atoms with van der Waals surface area (Å²) in [6, 6.07) is 4.98. The molecule has 2 aromatic rings. The van der Waals surface area contributed by atoms with Crippen LogP contribution in [0.1, 0.15) is 16.8 Å². The number of nitrogens with one attached hydrogen (secondary N) is 1. The standard InChI is InChI=1S/C13H14N4O2/c1-9-5-6-14-7-11(9)8-15-13-12(17(18)19)4-3-10(2)16-13/h3-7H,8H2,1-2H3,(H,15,16). The Morgan fingerprint density at radius 3 is 2.79 bits per heavy atom. The smallest absolute Gasteiger partial charge is 0.311 e. The van der Waals surface area contributed by atoms with Crippen molar-refractivity contribution in [1.82, 2.24) is 9.97 Å². The fourth-order valence-corrected chi connectivity index (χ4v) is 1.69. The first-order valence-corrected chi connectivity index (χ1v) is 5.83. The Labute approximate surface area is 110 Å². The van der Waals surface area contributed by atoms with Gasteiger partial charge in [-0.25, -0.2) is 4.98 Å². The van der Waals surface area contributed by atoms with Crippen LogP contribution in [0, 0.1) is 24.0 Å². The molecule has 98 valence electrons. The fraction of sp³-hybridized carbons (Fsp3) is 0.231. The van der Waals surface area contributed by atoms with Crippen LogP contribution in [0.4, 0.5) is 11.5 Å².